The molecule has 250 valence electrons. The summed E-state index contributed by atoms with van der Waals surface area (Å²) < 4.78 is 110. The van der Waals surface area contributed by atoms with Crippen molar-refractivity contribution in [1.82, 2.24) is 15.2 Å². The van der Waals surface area contributed by atoms with Crippen molar-refractivity contribution in [1.29, 1.82) is 0 Å². The standard InChI is InChI=1S/C31H28F7N5O4/c1-41-12-17-9-16(41)13-42(17)27-25(31(36,37)38)23(7-8-39-27)43-14-20(24-21(32)10-19(46-2)11-22(24)33)26(29(43)45)40-28(44)15-3-5-18(6-4-15)47-30(34)35/h3-8,10-11,16-17,20,26,30H,9,12-14H2,1-2H3,(H,40,44)/t16-,17-,20-,26-/m0/s1. The fourth-order valence-corrected chi connectivity index (χ4v) is 6.70. The van der Waals surface area contributed by atoms with E-state index < -0.39 is 71.6 Å². The Hall–Kier alpha value is -4.60. The van der Waals surface area contributed by atoms with Gasteiger partial charge in [-0.3, -0.25) is 14.5 Å². The highest BCUT2D eigenvalue weighted by atomic mass is 19.4. The molecule has 3 saturated heterocycles. The maximum absolute atomic E-state index is 15.4. The molecule has 0 aliphatic carbocycles. The zero-order valence-corrected chi connectivity index (χ0v) is 24.9. The lowest BCUT2D eigenvalue weighted by Gasteiger charge is -2.35. The molecule has 1 N–H and O–H groups in total. The van der Waals surface area contributed by atoms with Gasteiger partial charge < -0.3 is 24.6 Å². The molecule has 2 aromatic carbocycles. The molecule has 0 saturated carbocycles. The van der Waals surface area contributed by atoms with E-state index in [-0.39, 0.29) is 35.0 Å². The monoisotopic (exact) mass is 667 g/mol. The van der Waals surface area contributed by atoms with Crippen LogP contribution < -0.4 is 24.6 Å². The Kier molecular flexibility index (Phi) is 8.40. The van der Waals surface area contributed by atoms with E-state index in [0.717, 1.165) is 53.6 Å². The van der Waals surface area contributed by atoms with E-state index in [0.29, 0.717) is 19.5 Å². The number of hydrogen-bond donors (Lipinski definition) is 1. The molecule has 1 aromatic heterocycles. The first-order valence-electron chi connectivity index (χ1n) is 14.5. The fourth-order valence-electron chi connectivity index (χ4n) is 6.70. The van der Waals surface area contributed by atoms with Crippen LogP contribution in [0.15, 0.2) is 48.7 Å². The molecule has 4 heterocycles. The highest BCUT2D eigenvalue weighted by Gasteiger charge is 2.51. The summed E-state index contributed by atoms with van der Waals surface area (Å²) in [5, 5.41) is 2.39. The van der Waals surface area contributed by atoms with Crippen LogP contribution >= 0.6 is 0 Å². The third-order valence-corrected chi connectivity index (χ3v) is 8.87. The van der Waals surface area contributed by atoms with E-state index >= 15 is 8.78 Å². The van der Waals surface area contributed by atoms with Gasteiger partial charge in [-0.25, -0.2) is 13.8 Å². The molecule has 3 aromatic rings. The number of carbonyl (C=O) groups is 2. The molecule has 6 rings (SSSR count). The van der Waals surface area contributed by atoms with Crippen molar-refractivity contribution in [3.63, 3.8) is 0 Å². The smallest absolute Gasteiger partial charge is 0.421 e. The average Bonchev–Trinajstić information content (AvgIpc) is 3.68. The Bertz CT molecular complexity index is 1660. The second kappa shape index (κ2) is 12.2. The van der Waals surface area contributed by atoms with Crippen LogP contribution in [0.25, 0.3) is 0 Å². The van der Waals surface area contributed by atoms with Crippen LogP contribution in [0.4, 0.5) is 42.2 Å². The Morgan fingerprint density at radius 3 is 2.23 bits per heavy atom. The van der Waals surface area contributed by atoms with Crippen LogP contribution in [0.5, 0.6) is 11.5 Å². The number of nitrogens with zero attached hydrogens (tertiary/aromatic N) is 4. The van der Waals surface area contributed by atoms with E-state index in [1.807, 2.05) is 7.05 Å². The highest BCUT2D eigenvalue weighted by Crippen LogP contribution is 2.47. The predicted octanol–water partition coefficient (Wildman–Crippen LogP) is 4.81. The number of methoxy groups -OCH3 is 1. The molecular weight excluding hydrogens is 639 g/mol. The molecule has 0 unspecified atom stereocenters. The Labute approximate surface area is 263 Å². The number of aromatic nitrogens is 1. The third-order valence-electron chi connectivity index (χ3n) is 8.87. The number of anilines is 2. The van der Waals surface area contributed by atoms with Crippen molar-refractivity contribution < 1.29 is 49.8 Å². The highest BCUT2D eigenvalue weighted by molar-refractivity contribution is 6.05. The zero-order chi connectivity index (χ0) is 33.8. The molecule has 2 amide bonds. The number of alkyl halides is 5. The molecule has 47 heavy (non-hydrogen) atoms. The molecule has 0 radical (unpaired) electrons. The average molecular weight is 668 g/mol. The second-order valence-electron chi connectivity index (χ2n) is 11.6. The van der Waals surface area contributed by atoms with E-state index in [4.69, 9.17) is 4.74 Å². The van der Waals surface area contributed by atoms with Crippen LogP contribution in [0, 0.1) is 11.6 Å². The van der Waals surface area contributed by atoms with Crippen molar-refractivity contribution in [2.45, 2.75) is 43.3 Å². The number of ether oxygens (including phenoxy) is 2. The summed E-state index contributed by atoms with van der Waals surface area (Å²) in [5.41, 5.74) is -2.54. The first kappa shape index (κ1) is 32.3. The van der Waals surface area contributed by atoms with Gasteiger partial charge in [-0.1, -0.05) is 0 Å². The lowest BCUT2D eigenvalue weighted by atomic mass is 9.92. The van der Waals surface area contributed by atoms with Gasteiger partial charge in [-0.2, -0.15) is 22.0 Å². The quantitative estimate of drug-likeness (QED) is 0.346. The lowest BCUT2D eigenvalue weighted by Crippen LogP contribution is -2.46. The number of fused-ring (bicyclic) bond motifs is 2. The molecule has 9 nitrogen and oxygen atoms in total. The van der Waals surface area contributed by atoms with Crippen molar-refractivity contribution >= 4 is 23.3 Å². The number of hydrogen-bond acceptors (Lipinski definition) is 7. The summed E-state index contributed by atoms with van der Waals surface area (Å²) in [6.07, 6.45) is -3.20. The van der Waals surface area contributed by atoms with Gasteiger partial charge in [-0.15, -0.1) is 0 Å². The van der Waals surface area contributed by atoms with E-state index in [1.165, 1.54) is 7.11 Å². The van der Waals surface area contributed by atoms with Gasteiger partial charge in [0.25, 0.3) is 5.91 Å². The molecule has 3 aliphatic heterocycles. The van der Waals surface area contributed by atoms with Crippen molar-refractivity contribution in [3.05, 3.63) is 77.0 Å². The minimum Gasteiger partial charge on any atom is -0.497 e. The summed E-state index contributed by atoms with van der Waals surface area (Å²) in [5.74, 6) is -6.58. The SMILES string of the molecule is COc1cc(F)c([C@@H]2CN(c3ccnc(N4C[C@@H]5C[C@H]4CN5C)c3C(F)(F)F)C(=O)[C@H]2NC(=O)c2ccc(OC(F)F)cc2)c(F)c1. The second-order valence-corrected chi connectivity index (χ2v) is 11.6. The van der Waals surface area contributed by atoms with Crippen molar-refractivity contribution in [2.75, 3.05) is 43.6 Å². The molecule has 16 heteroatoms. The zero-order valence-electron chi connectivity index (χ0n) is 24.9. The minimum absolute atomic E-state index is 0.0287. The van der Waals surface area contributed by atoms with Gasteiger partial charge in [0.1, 0.15) is 40.6 Å². The Balaban J connectivity index is 1.40. The maximum atomic E-state index is 15.4. The van der Waals surface area contributed by atoms with Gasteiger partial charge in [0.2, 0.25) is 5.91 Å². The largest absolute Gasteiger partial charge is 0.497 e. The number of likely N-dealkylation sites (N-methyl/N-ethyl adjacent to an activating group) is 1. The van der Waals surface area contributed by atoms with Crippen molar-refractivity contribution in [2.24, 2.45) is 0 Å². The van der Waals surface area contributed by atoms with Gasteiger partial charge in [0.15, 0.2) is 0 Å². The van der Waals surface area contributed by atoms with Crippen LogP contribution in [0.2, 0.25) is 0 Å². The summed E-state index contributed by atoms with van der Waals surface area (Å²) in [6, 6.07) is 5.16. The Morgan fingerprint density at radius 1 is 1.00 bits per heavy atom. The Morgan fingerprint density at radius 2 is 1.68 bits per heavy atom. The van der Waals surface area contributed by atoms with E-state index in [9.17, 15) is 31.5 Å². The summed E-state index contributed by atoms with van der Waals surface area (Å²) in [7, 11) is 3.07. The van der Waals surface area contributed by atoms with Crippen LogP contribution in [-0.2, 0) is 11.0 Å². The number of piperazine rings is 1. The predicted molar refractivity (Wildman–Crippen MR) is 154 cm³/mol. The maximum Gasteiger partial charge on any atom is 0.421 e. The van der Waals surface area contributed by atoms with Gasteiger partial charge >= 0.3 is 12.8 Å². The van der Waals surface area contributed by atoms with Gasteiger partial charge in [0.05, 0.1) is 12.8 Å². The molecule has 3 fully saturated rings. The number of pyridine rings is 1. The number of amides is 2. The molecule has 4 atom stereocenters. The topological polar surface area (TPSA) is 87.2 Å². The summed E-state index contributed by atoms with van der Waals surface area (Å²) in [6.45, 7) is -2.94. The first-order valence-corrected chi connectivity index (χ1v) is 14.5. The first-order chi connectivity index (χ1) is 22.3. The number of halogens is 7. The number of likely N-dealkylation sites (tertiary alicyclic amines) is 1. The normalized spacial score (nSPS) is 22.8. The van der Waals surface area contributed by atoms with Crippen LogP contribution in [0.3, 0.4) is 0 Å². The number of carbonyl (C=O) groups excluding carboxylic acids is 2. The third kappa shape index (κ3) is 6.01. The molecule has 2 bridgehead atoms. The molecule has 0 spiro atoms. The minimum atomic E-state index is -4.98. The van der Waals surface area contributed by atoms with Crippen LogP contribution in [-0.4, -0.2) is 80.2 Å². The lowest BCUT2D eigenvalue weighted by molar-refractivity contribution is -0.136. The molecule has 3 aliphatic rings. The molecular formula is C31H28F7N5O4. The van der Waals surface area contributed by atoms with Crippen LogP contribution in [0.1, 0.15) is 33.8 Å². The van der Waals surface area contributed by atoms with Gasteiger partial charge in [-0.05, 0) is 43.8 Å². The summed E-state index contributed by atoms with van der Waals surface area (Å²) >= 11 is 0. The van der Waals surface area contributed by atoms with E-state index in [1.54, 1.807) is 4.90 Å². The number of rotatable bonds is 8. The fraction of sp³-hybridized carbons (Fsp3) is 0.387. The number of benzene rings is 2. The summed E-state index contributed by atoms with van der Waals surface area (Å²) in [4.78, 5) is 35.7. The van der Waals surface area contributed by atoms with Gasteiger partial charge in [0, 0.05) is 67.1 Å². The van der Waals surface area contributed by atoms with E-state index in [2.05, 4.69) is 19.9 Å². The number of nitrogens with one attached hydrogen (secondary N) is 1. The van der Waals surface area contributed by atoms with Crippen molar-refractivity contribution in [3.8, 4) is 11.5 Å².